The second-order valence-corrected chi connectivity index (χ2v) is 4.20. The van der Waals surface area contributed by atoms with Crippen molar-refractivity contribution in [1.82, 2.24) is 14.5 Å². The van der Waals surface area contributed by atoms with Gasteiger partial charge in [0.1, 0.15) is 5.82 Å². The smallest absolute Gasteiger partial charge is 0.111 e. The zero-order valence-corrected chi connectivity index (χ0v) is 9.80. The normalized spacial score (nSPS) is 10.9. The number of aryl methyl sites for hydroxylation is 2. The van der Waals surface area contributed by atoms with Crippen molar-refractivity contribution in [3.8, 4) is 0 Å². The summed E-state index contributed by atoms with van der Waals surface area (Å²) in [6.07, 6.45) is 6.70. The van der Waals surface area contributed by atoms with Crippen molar-refractivity contribution < 1.29 is 0 Å². The van der Waals surface area contributed by atoms with Crippen LogP contribution in [0.3, 0.4) is 0 Å². The molecule has 0 aliphatic heterocycles. The Hall–Kier alpha value is -1.64. The molecule has 0 atom stereocenters. The van der Waals surface area contributed by atoms with E-state index in [1.165, 1.54) is 0 Å². The van der Waals surface area contributed by atoms with Gasteiger partial charge in [-0.1, -0.05) is 19.9 Å². The third-order valence-corrected chi connectivity index (χ3v) is 2.60. The van der Waals surface area contributed by atoms with Gasteiger partial charge in [0.2, 0.25) is 0 Å². The first-order valence-electron chi connectivity index (χ1n) is 5.68. The summed E-state index contributed by atoms with van der Waals surface area (Å²) in [5, 5.41) is 0. The van der Waals surface area contributed by atoms with Crippen molar-refractivity contribution in [3.05, 3.63) is 48.3 Å². The van der Waals surface area contributed by atoms with Crippen molar-refractivity contribution >= 4 is 0 Å². The Bertz CT molecular complexity index is 431. The molecule has 0 aliphatic rings. The first-order valence-corrected chi connectivity index (χ1v) is 5.68. The van der Waals surface area contributed by atoms with Crippen molar-refractivity contribution in [1.29, 1.82) is 0 Å². The van der Waals surface area contributed by atoms with Crippen molar-refractivity contribution in [2.24, 2.45) is 0 Å². The summed E-state index contributed by atoms with van der Waals surface area (Å²) in [4.78, 5) is 8.69. The van der Waals surface area contributed by atoms with Crippen LogP contribution in [0.5, 0.6) is 0 Å². The van der Waals surface area contributed by atoms with Crippen LogP contribution in [0.1, 0.15) is 31.3 Å². The summed E-state index contributed by atoms with van der Waals surface area (Å²) in [5.74, 6) is 1.62. The zero-order valence-electron chi connectivity index (χ0n) is 9.80. The van der Waals surface area contributed by atoms with E-state index in [9.17, 15) is 0 Å². The van der Waals surface area contributed by atoms with Crippen LogP contribution in [0.15, 0.2) is 36.8 Å². The van der Waals surface area contributed by atoms with E-state index in [0.29, 0.717) is 5.92 Å². The molecule has 0 amide bonds. The van der Waals surface area contributed by atoms with Gasteiger partial charge in [-0.05, 0) is 12.1 Å². The Morgan fingerprint density at radius 3 is 2.75 bits per heavy atom. The minimum atomic E-state index is 0.471. The molecular formula is C13H17N3. The van der Waals surface area contributed by atoms with E-state index in [0.717, 1.165) is 24.5 Å². The Morgan fingerprint density at radius 2 is 2.06 bits per heavy atom. The van der Waals surface area contributed by atoms with Gasteiger partial charge < -0.3 is 4.57 Å². The van der Waals surface area contributed by atoms with Crippen LogP contribution in [-0.2, 0) is 13.0 Å². The lowest BCUT2D eigenvalue weighted by atomic mass is 10.2. The average Bonchev–Trinajstić information content (AvgIpc) is 2.76. The summed E-state index contributed by atoms with van der Waals surface area (Å²) >= 11 is 0. The van der Waals surface area contributed by atoms with E-state index < -0.39 is 0 Å². The number of imidazole rings is 1. The fourth-order valence-corrected chi connectivity index (χ4v) is 1.79. The fourth-order valence-electron chi connectivity index (χ4n) is 1.79. The molecule has 0 saturated heterocycles. The van der Waals surface area contributed by atoms with Gasteiger partial charge in [0.05, 0.1) is 0 Å². The van der Waals surface area contributed by atoms with Crippen LogP contribution in [0.4, 0.5) is 0 Å². The van der Waals surface area contributed by atoms with Crippen LogP contribution < -0.4 is 0 Å². The van der Waals surface area contributed by atoms with E-state index in [4.69, 9.17) is 0 Å². The molecule has 0 saturated carbocycles. The van der Waals surface area contributed by atoms with Crippen molar-refractivity contribution in [3.63, 3.8) is 0 Å². The number of pyridine rings is 1. The predicted octanol–water partition coefficient (Wildman–Crippen LogP) is 2.64. The monoisotopic (exact) mass is 215 g/mol. The predicted molar refractivity (Wildman–Crippen MR) is 64.3 cm³/mol. The highest BCUT2D eigenvalue weighted by molar-refractivity contribution is 5.04. The Balaban J connectivity index is 2.02. The zero-order chi connectivity index (χ0) is 11.4. The summed E-state index contributed by atoms with van der Waals surface area (Å²) < 4.78 is 2.21. The first-order chi connectivity index (χ1) is 7.77. The van der Waals surface area contributed by atoms with Gasteiger partial charge in [0.15, 0.2) is 0 Å². The van der Waals surface area contributed by atoms with E-state index >= 15 is 0 Å². The van der Waals surface area contributed by atoms with E-state index in [-0.39, 0.29) is 0 Å². The van der Waals surface area contributed by atoms with Gasteiger partial charge in [-0.3, -0.25) is 4.98 Å². The maximum atomic E-state index is 4.37. The molecule has 0 aromatic carbocycles. The van der Waals surface area contributed by atoms with Gasteiger partial charge in [-0.25, -0.2) is 4.98 Å². The summed E-state index contributed by atoms with van der Waals surface area (Å²) in [6.45, 7) is 5.28. The van der Waals surface area contributed by atoms with Gasteiger partial charge in [-0.2, -0.15) is 0 Å². The fraction of sp³-hybridized carbons (Fsp3) is 0.385. The lowest BCUT2D eigenvalue weighted by Gasteiger charge is -2.09. The molecule has 2 heterocycles. The van der Waals surface area contributed by atoms with Crippen molar-refractivity contribution in [2.45, 2.75) is 32.7 Å². The quantitative estimate of drug-likeness (QED) is 0.785. The van der Waals surface area contributed by atoms with E-state index in [1.54, 1.807) is 0 Å². The number of aromatic nitrogens is 3. The van der Waals surface area contributed by atoms with Gasteiger partial charge in [0.25, 0.3) is 0 Å². The third kappa shape index (κ3) is 2.48. The van der Waals surface area contributed by atoms with E-state index in [2.05, 4.69) is 34.4 Å². The lowest BCUT2D eigenvalue weighted by Crippen LogP contribution is -2.07. The molecule has 84 valence electrons. The van der Waals surface area contributed by atoms with Crippen LogP contribution in [0.25, 0.3) is 0 Å². The molecule has 0 unspecified atom stereocenters. The lowest BCUT2D eigenvalue weighted by molar-refractivity contribution is 0.614. The molecule has 0 bridgehead atoms. The van der Waals surface area contributed by atoms with Gasteiger partial charge in [0, 0.05) is 43.2 Å². The third-order valence-electron chi connectivity index (χ3n) is 2.60. The van der Waals surface area contributed by atoms with Crippen LogP contribution in [0.2, 0.25) is 0 Å². The Morgan fingerprint density at radius 1 is 1.19 bits per heavy atom. The molecule has 0 N–H and O–H groups in total. The maximum Gasteiger partial charge on any atom is 0.111 e. The number of rotatable bonds is 4. The highest BCUT2D eigenvalue weighted by atomic mass is 15.1. The highest BCUT2D eigenvalue weighted by Gasteiger charge is 2.06. The number of nitrogens with zero attached hydrogens (tertiary/aromatic N) is 3. The molecular weight excluding hydrogens is 198 g/mol. The van der Waals surface area contributed by atoms with Crippen LogP contribution in [-0.4, -0.2) is 14.5 Å². The largest absolute Gasteiger partial charge is 0.334 e. The van der Waals surface area contributed by atoms with Gasteiger partial charge in [-0.15, -0.1) is 0 Å². The first kappa shape index (κ1) is 10.9. The molecule has 0 aliphatic carbocycles. The maximum absolute atomic E-state index is 4.37. The summed E-state index contributed by atoms with van der Waals surface area (Å²) in [7, 11) is 0. The molecule has 0 spiro atoms. The minimum Gasteiger partial charge on any atom is -0.334 e. The second-order valence-electron chi connectivity index (χ2n) is 4.20. The summed E-state index contributed by atoms with van der Waals surface area (Å²) in [6, 6.07) is 6.03. The van der Waals surface area contributed by atoms with Crippen LogP contribution >= 0.6 is 0 Å². The average molecular weight is 215 g/mol. The number of hydrogen-bond acceptors (Lipinski definition) is 2. The SMILES string of the molecule is CC(C)c1nccn1CCc1ccccn1. The topological polar surface area (TPSA) is 30.7 Å². The molecule has 0 fully saturated rings. The molecule has 2 aromatic heterocycles. The Labute approximate surface area is 96.2 Å². The van der Waals surface area contributed by atoms with Crippen molar-refractivity contribution in [2.75, 3.05) is 0 Å². The molecule has 2 aromatic rings. The van der Waals surface area contributed by atoms with Crippen LogP contribution in [0, 0.1) is 0 Å². The molecule has 3 heteroatoms. The minimum absolute atomic E-state index is 0.471. The standard InChI is InChI=1S/C13H17N3/c1-11(2)13-15-8-10-16(13)9-6-12-5-3-4-7-14-12/h3-5,7-8,10-11H,6,9H2,1-2H3. The number of hydrogen-bond donors (Lipinski definition) is 0. The molecule has 16 heavy (non-hydrogen) atoms. The summed E-state index contributed by atoms with van der Waals surface area (Å²) in [5.41, 5.74) is 1.13. The molecule has 0 radical (unpaired) electrons. The highest BCUT2D eigenvalue weighted by Crippen LogP contribution is 2.12. The molecule has 2 rings (SSSR count). The second kappa shape index (κ2) is 4.92. The van der Waals surface area contributed by atoms with E-state index in [1.807, 2.05) is 30.7 Å². The molecule has 3 nitrogen and oxygen atoms in total. The van der Waals surface area contributed by atoms with Gasteiger partial charge >= 0.3 is 0 Å². The Kier molecular flexibility index (Phi) is 3.34.